The summed E-state index contributed by atoms with van der Waals surface area (Å²) in [5.41, 5.74) is 2.70. The third kappa shape index (κ3) is 4.41. The van der Waals surface area contributed by atoms with Gasteiger partial charge in [0, 0.05) is 22.4 Å². The van der Waals surface area contributed by atoms with Crippen molar-refractivity contribution >= 4 is 28.8 Å². The number of nitrogens with one attached hydrogen (secondary N) is 1. The van der Waals surface area contributed by atoms with Crippen LogP contribution in [0, 0.1) is 0 Å². The molecule has 3 rings (SSSR count). The Morgan fingerprint density at radius 3 is 2.57 bits per heavy atom. The predicted octanol–water partition coefficient (Wildman–Crippen LogP) is 4.32. The number of thiazole rings is 1. The molecule has 0 saturated carbocycles. The molecule has 2 aromatic carbocycles. The fourth-order valence-corrected chi connectivity index (χ4v) is 3.11. The summed E-state index contributed by atoms with van der Waals surface area (Å²) >= 11 is 7.43. The summed E-state index contributed by atoms with van der Waals surface area (Å²) in [6, 6.07) is 17.1. The topological polar surface area (TPSA) is 42.0 Å². The molecule has 0 saturated heterocycles. The minimum atomic E-state index is -0.126. The van der Waals surface area contributed by atoms with Crippen LogP contribution in [0.2, 0.25) is 5.02 Å². The molecular weight excluding hydrogens is 328 g/mol. The van der Waals surface area contributed by atoms with E-state index in [4.69, 9.17) is 11.6 Å². The van der Waals surface area contributed by atoms with Crippen LogP contribution in [0.3, 0.4) is 0 Å². The van der Waals surface area contributed by atoms with E-state index in [9.17, 15) is 4.79 Å². The van der Waals surface area contributed by atoms with Crippen molar-refractivity contribution in [2.24, 2.45) is 0 Å². The first-order valence-electron chi connectivity index (χ1n) is 7.22. The number of aromatic nitrogens is 1. The monoisotopic (exact) mass is 342 g/mol. The Hall–Kier alpha value is -2.17. The Morgan fingerprint density at radius 1 is 1.09 bits per heavy atom. The second kappa shape index (κ2) is 7.40. The summed E-state index contributed by atoms with van der Waals surface area (Å²) in [5.74, 6) is -0.126. The van der Waals surface area contributed by atoms with Crippen LogP contribution in [0.4, 0.5) is 0 Å². The summed E-state index contributed by atoms with van der Waals surface area (Å²) in [4.78, 5) is 16.6. The molecule has 0 radical (unpaired) electrons. The Labute approximate surface area is 144 Å². The van der Waals surface area contributed by atoms with E-state index in [1.165, 1.54) is 5.56 Å². The fourth-order valence-electron chi connectivity index (χ4n) is 2.16. The third-order valence-electron chi connectivity index (χ3n) is 3.33. The summed E-state index contributed by atoms with van der Waals surface area (Å²) < 4.78 is 0. The molecule has 3 nitrogen and oxygen atoms in total. The lowest BCUT2D eigenvalue weighted by molar-refractivity contribution is 0.0950. The molecule has 0 aliphatic heterocycles. The molecule has 0 spiro atoms. The van der Waals surface area contributed by atoms with Crippen LogP contribution in [0.25, 0.3) is 0 Å². The van der Waals surface area contributed by atoms with Crippen molar-refractivity contribution in [1.82, 2.24) is 10.3 Å². The lowest BCUT2D eigenvalue weighted by Crippen LogP contribution is -2.22. The number of carbonyl (C=O) groups excluding carboxylic acids is 1. The highest BCUT2D eigenvalue weighted by atomic mass is 35.5. The maximum absolute atomic E-state index is 12.0. The van der Waals surface area contributed by atoms with Crippen molar-refractivity contribution in [2.75, 3.05) is 0 Å². The molecule has 5 heteroatoms. The third-order valence-corrected chi connectivity index (χ3v) is 4.48. The zero-order valence-corrected chi connectivity index (χ0v) is 13.9. The van der Waals surface area contributed by atoms with E-state index in [1.54, 1.807) is 35.6 Å². The van der Waals surface area contributed by atoms with Crippen molar-refractivity contribution in [3.63, 3.8) is 0 Å². The molecule has 3 aromatic rings. The van der Waals surface area contributed by atoms with Gasteiger partial charge in [-0.05, 0) is 29.8 Å². The lowest BCUT2D eigenvalue weighted by atomic mass is 10.2. The molecule has 0 aliphatic carbocycles. The van der Waals surface area contributed by atoms with Crippen LogP contribution < -0.4 is 5.32 Å². The van der Waals surface area contributed by atoms with Gasteiger partial charge in [0.25, 0.3) is 5.91 Å². The Morgan fingerprint density at radius 2 is 1.83 bits per heavy atom. The van der Waals surface area contributed by atoms with Crippen molar-refractivity contribution in [1.29, 1.82) is 0 Å². The summed E-state index contributed by atoms with van der Waals surface area (Å²) in [7, 11) is 0. The lowest BCUT2D eigenvalue weighted by Gasteiger charge is -2.03. The van der Waals surface area contributed by atoms with Crippen molar-refractivity contribution in [3.05, 3.63) is 86.8 Å². The van der Waals surface area contributed by atoms with E-state index in [-0.39, 0.29) is 5.91 Å². The highest BCUT2D eigenvalue weighted by Gasteiger charge is 2.07. The van der Waals surface area contributed by atoms with Gasteiger partial charge in [-0.25, -0.2) is 4.98 Å². The van der Waals surface area contributed by atoms with Crippen molar-refractivity contribution in [3.8, 4) is 0 Å². The quantitative estimate of drug-likeness (QED) is 0.750. The van der Waals surface area contributed by atoms with Crippen LogP contribution in [0.5, 0.6) is 0 Å². The average molecular weight is 343 g/mol. The molecule has 116 valence electrons. The Balaban J connectivity index is 1.57. The molecule has 0 bridgehead atoms. The zero-order chi connectivity index (χ0) is 16.1. The Bertz CT molecular complexity index is 784. The van der Waals surface area contributed by atoms with E-state index in [1.807, 2.05) is 23.6 Å². The highest BCUT2D eigenvalue weighted by molar-refractivity contribution is 7.09. The molecule has 1 aromatic heterocycles. The minimum absolute atomic E-state index is 0.126. The minimum Gasteiger partial charge on any atom is -0.346 e. The number of hydrogen-bond donors (Lipinski definition) is 1. The second-order valence-electron chi connectivity index (χ2n) is 5.08. The smallest absolute Gasteiger partial charge is 0.251 e. The predicted molar refractivity (Wildman–Crippen MR) is 94.0 cm³/mol. The van der Waals surface area contributed by atoms with Gasteiger partial charge in [-0.3, -0.25) is 4.79 Å². The SMILES string of the molecule is O=C(NCc1csc(Cc2ccccc2)n1)c1ccc(Cl)cc1. The average Bonchev–Trinajstić information content (AvgIpc) is 3.02. The molecule has 0 atom stereocenters. The zero-order valence-electron chi connectivity index (χ0n) is 12.3. The summed E-state index contributed by atoms with van der Waals surface area (Å²) in [6.45, 7) is 0.423. The summed E-state index contributed by atoms with van der Waals surface area (Å²) in [5, 5.41) is 6.53. The molecule has 0 aliphatic rings. The van der Waals surface area contributed by atoms with Crippen molar-refractivity contribution < 1.29 is 4.79 Å². The first-order chi connectivity index (χ1) is 11.2. The van der Waals surface area contributed by atoms with Gasteiger partial charge in [0.15, 0.2) is 0 Å². The number of nitrogens with zero attached hydrogens (tertiary/aromatic N) is 1. The number of carbonyl (C=O) groups is 1. The van der Waals surface area contributed by atoms with Gasteiger partial charge in [-0.15, -0.1) is 11.3 Å². The second-order valence-corrected chi connectivity index (χ2v) is 6.46. The molecule has 23 heavy (non-hydrogen) atoms. The van der Waals surface area contributed by atoms with E-state index in [0.29, 0.717) is 17.1 Å². The van der Waals surface area contributed by atoms with Gasteiger partial charge in [0.1, 0.15) is 0 Å². The van der Waals surface area contributed by atoms with Gasteiger partial charge in [-0.2, -0.15) is 0 Å². The first-order valence-corrected chi connectivity index (χ1v) is 8.47. The largest absolute Gasteiger partial charge is 0.346 e. The fraction of sp³-hybridized carbons (Fsp3) is 0.111. The molecule has 0 fully saturated rings. The van der Waals surface area contributed by atoms with Gasteiger partial charge in [0.2, 0.25) is 0 Å². The molecule has 0 unspecified atom stereocenters. The van der Waals surface area contributed by atoms with Crippen molar-refractivity contribution in [2.45, 2.75) is 13.0 Å². The van der Waals surface area contributed by atoms with Crippen LogP contribution in [0.1, 0.15) is 26.6 Å². The summed E-state index contributed by atoms with van der Waals surface area (Å²) in [6.07, 6.45) is 0.816. The maximum atomic E-state index is 12.0. The molecule has 1 N–H and O–H groups in total. The van der Waals surface area contributed by atoms with E-state index in [2.05, 4.69) is 22.4 Å². The standard InChI is InChI=1S/C18H15ClN2OS/c19-15-8-6-14(7-9-15)18(22)20-11-16-12-23-17(21-16)10-13-4-2-1-3-5-13/h1-9,12H,10-11H2,(H,20,22). The highest BCUT2D eigenvalue weighted by Crippen LogP contribution is 2.15. The van der Waals surface area contributed by atoms with E-state index >= 15 is 0 Å². The number of amides is 1. The van der Waals surface area contributed by atoms with Crippen LogP contribution in [-0.4, -0.2) is 10.9 Å². The number of halogens is 1. The Kier molecular flexibility index (Phi) is 5.05. The number of benzene rings is 2. The van der Waals surface area contributed by atoms with Gasteiger partial charge >= 0.3 is 0 Å². The van der Waals surface area contributed by atoms with Gasteiger partial charge < -0.3 is 5.32 Å². The molecular formula is C18H15ClN2OS. The van der Waals surface area contributed by atoms with E-state index < -0.39 is 0 Å². The molecule has 1 heterocycles. The maximum Gasteiger partial charge on any atom is 0.251 e. The van der Waals surface area contributed by atoms with Gasteiger partial charge in [-0.1, -0.05) is 41.9 Å². The van der Waals surface area contributed by atoms with Crippen LogP contribution in [-0.2, 0) is 13.0 Å². The van der Waals surface area contributed by atoms with E-state index in [0.717, 1.165) is 17.1 Å². The van der Waals surface area contributed by atoms with Gasteiger partial charge in [0.05, 0.1) is 17.2 Å². The number of hydrogen-bond acceptors (Lipinski definition) is 3. The normalized spacial score (nSPS) is 10.5. The van der Waals surface area contributed by atoms with Crippen LogP contribution >= 0.6 is 22.9 Å². The first kappa shape index (κ1) is 15.7. The van der Waals surface area contributed by atoms with Crippen LogP contribution in [0.15, 0.2) is 60.0 Å². The molecule has 1 amide bonds. The number of rotatable bonds is 5.